The predicted molar refractivity (Wildman–Crippen MR) is 117 cm³/mol. The van der Waals surface area contributed by atoms with E-state index in [1.807, 2.05) is 60.7 Å². The van der Waals surface area contributed by atoms with E-state index < -0.39 is 17.4 Å². The minimum atomic E-state index is -1.32. The van der Waals surface area contributed by atoms with Crippen LogP contribution in [0.5, 0.6) is 0 Å². The summed E-state index contributed by atoms with van der Waals surface area (Å²) in [4.78, 5) is 29.4. The summed E-state index contributed by atoms with van der Waals surface area (Å²) in [5.41, 5.74) is 0.329. The highest BCUT2D eigenvalue weighted by Gasteiger charge is 2.53. The molecule has 1 aliphatic heterocycles. The second kappa shape index (κ2) is 8.49. The average Bonchev–Trinajstić information content (AvgIpc) is 3.03. The number of amides is 3. The van der Waals surface area contributed by atoms with Crippen LogP contribution in [0.1, 0.15) is 16.7 Å². The number of carbonyl (C=O) groups is 2. The van der Waals surface area contributed by atoms with Crippen molar-refractivity contribution in [1.82, 2.24) is 15.1 Å². The number of benzene rings is 3. The smallest absolute Gasteiger partial charge is 0.315 e. The maximum atomic E-state index is 14.2. The SMILES string of the molecule is CN(Cc1c(F)cccc1Cl)CN1C(=O)NC(c2ccccc2)(c2ccccc2)C1=O. The van der Waals surface area contributed by atoms with Crippen LogP contribution in [0.3, 0.4) is 0 Å². The van der Waals surface area contributed by atoms with E-state index in [-0.39, 0.29) is 19.1 Å². The number of imide groups is 1. The van der Waals surface area contributed by atoms with Crippen LogP contribution in [0.25, 0.3) is 0 Å². The van der Waals surface area contributed by atoms with Crippen LogP contribution in [0.15, 0.2) is 78.9 Å². The van der Waals surface area contributed by atoms with Crippen LogP contribution in [0, 0.1) is 5.82 Å². The van der Waals surface area contributed by atoms with Gasteiger partial charge >= 0.3 is 6.03 Å². The average molecular weight is 438 g/mol. The number of nitrogens with zero attached hydrogens (tertiary/aromatic N) is 2. The fourth-order valence-corrected chi connectivity index (χ4v) is 4.11. The van der Waals surface area contributed by atoms with Crippen molar-refractivity contribution in [3.8, 4) is 0 Å². The van der Waals surface area contributed by atoms with Crippen molar-refractivity contribution in [2.45, 2.75) is 12.1 Å². The molecule has 5 nitrogen and oxygen atoms in total. The summed E-state index contributed by atoms with van der Waals surface area (Å²) in [5.74, 6) is -0.819. The lowest BCUT2D eigenvalue weighted by Crippen LogP contribution is -2.46. The van der Waals surface area contributed by atoms with E-state index in [9.17, 15) is 14.0 Å². The Hall–Kier alpha value is -3.22. The molecule has 0 saturated carbocycles. The van der Waals surface area contributed by atoms with Crippen LogP contribution < -0.4 is 5.32 Å². The van der Waals surface area contributed by atoms with Crippen LogP contribution in [0.2, 0.25) is 5.02 Å². The molecule has 1 N–H and O–H groups in total. The number of carbonyl (C=O) groups excluding carboxylic acids is 2. The molecule has 1 fully saturated rings. The Morgan fingerprint density at radius 3 is 2.06 bits per heavy atom. The monoisotopic (exact) mass is 437 g/mol. The molecular formula is C24H21ClFN3O2. The third kappa shape index (κ3) is 3.80. The Kier molecular flexibility index (Phi) is 5.76. The van der Waals surface area contributed by atoms with Gasteiger partial charge in [-0.25, -0.2) is 14.1 Å². The predicted octanol–water partition coefficient (Wildman–Crippen LogP) is 4.36. The van der Waals surface area contributed by atoms with E-state index in [1.165, 1.54) is 12.1 Å². The van der Waals surface area contributed by atoms with E-state index >= 15 is 0 Å². The van der Waals surface area contributed by atoms with E-state index in [0.29, 0.717) is 21.7 Å². The Morgan fingerprint density at radius 1 is 0.935 bits per heavy atom. The second-order valence-corrected chi connectivity index (χ2v) is 7.91. The molecule has 4 rings (SSSR count). The molecule has 3 amide bonds. The Morgan fingerprint density at radius 2 is 1.52 bits per heavy atom. The molecule has 0 bridgehead atoms. The summed E-state index contributed by atoms with van der Waals surface area (Å²) >= 11 is 6.13. The fourth-order valence-electron chi connectivity index (χ4n) is 3.88. The van der Waals surface area contributed by atoms with Gasteiger partial charge in [0, 0.05) is 17.1 Å². The maximum absolute atomic E-state index is 14.2. The van der Waals surface area contributed by atoms with Crippen molar-refractivity contribution < 1.29 is 14.0 Å². The van der Waals surface area contributed by atoms with Gasteiger partial charge in [0.15, 0.2) is 5.54 Å². The lowest BCUT2D eigenvalue weighted by molar-refractivity contribution is -0.131. The van der Waals surface area contributed by atoms with Gasteiger partial charge in [0.1, 0.15) is 5.82 Å². The Balaban J connectivity index is 1.65. The molecule has 31 heavy (non-hydrogen) atoms. The quantitative estimate of drug-likeness (QED) is 0.583. The fraction of sp³-hybridized carbons (Fsp3) is 0.167. The molecule has 1 heterocycles. The number of nitrogens with one attached hydrogen (secondary N) is 1. The van der Waals surface area contributed by atoms with Crippen molar-refractivity contribution in [1.29, 1.82) is 0 Å². The van der Waals surface area contributed by atoms with Gasteiger partial charge in [0.2, 0.25) is 0 Å². The van der Waals surface area contributed by atoms with E-state index in [1.54, 1.807) is 18.0 Å². The van der Waals surface area contributed by atoms with Crippen LogP contribution >= 0.6 is 11.6 Å². The zero-order chi connectivity index (χ0) is 22.0. The van der Waals surface area contributed by atoms with Gasteiger partial charge in [-0.05, 0) is 30.3 Å². The molecule has 0 aromatic heterocycles. The van der Waals surface area contributed by atoms with Crippen molar-refractivity contribution in [3.05, 3.63) is 106 Å². The summed E-state index contributed by atoms with van der Waals surface area (Å²) in [6.45, 7) is 0.128. The highest BCUT2D eigenvalue weighted by Crippen LogP contribution is 2.36. The van der Waals surface area contributed by atoms with E-state index in [0.717, 1.165) is 4.90 Å². The Bertz CT molecular complexity index is 1050. The van der Waals surface area contributed by atoms with Crippen LogP contribution in [-0.4, -0.2) is 35.5 Å². The summed E-state index contributed by atoms with van der Waals surface area (Å²) in [7, 11) is 1.70. The number of hydrogen-bond donors (Lipinski definition) is 1. The molecule has 0 spiro atoms. The molecule has 0 aliphatic carbocycles. The van der Waals surface area contributed by atoms with Crippen molar-refractivity contribution in [3.63, 3.8) is 0 Å². The van der Waals surface area contributed by atoms with Gasteiger partial charge in [-0.3, -0.25) is 9.69 Å². The van der Waals surface area contributed by atoms with Crippen LogP contribution in [-0.2, 0) is 16.9 Å². The minimum absolute atomic E-state index is 0.0171. The minimum Gasteiger partial charge on any atom is -0.315 e. The molecule has 0 radical (unpaired) electrons. The first-order valence-electron chi connectivity index (χ1n) is 9.80. The molecule has 3 aromatic carbocycles. The summed E-state index contributed by atoms with van der Waals surface area (Å²) in [5, 5.41) is 3.20. The zero-order valence-corrected chi connectivity index (χ0v) is 17.6. The summed E-state index contributed by atoms with van der Waals surface area (Å²) < 4.78 is 14.2. The Labute approximate surface area is 185 Å². The van der Waals surface area contributed by atoms with Gasteiger partial charge in [0.05, 0.1) is 6.67 Å². The molecule has 3 aromatic rings. The highest BCUT2D eigenvalue weighted by atomic mass is 35.5. The van der Waals surface area contributed by atoms with Gasteiger partial charge in [0.25, 0.3) is 5.91 Å². The maximum Gasteiger partial charge on any atom is 0.326 e. The van der Waals surface area contributed by atoms with Gasteiger partial charge in [-0.1, -0.05) is 78.3 Å². The van der Waals surface area contributed by atoms with Gasteiger partial charge in [-0.15, -0.1) is 0 Å². The lowest BCUT2D eigenvalue weighted by atomic mass is 9.83. The molecule has 158 valence electrons. The van der Waals surface area contributed by atoms with Crippen molar-refractivity contribution >= 4 is 23.5 Å². The molecule has 7 heteroatoms. The third-order valence-corrected chi connectivity index (χ3v) is 5.75. The summed E-state index contributed by atoms with van der Waals surface area (Å²) in [6, 6.07) is 22.3. The number of rotatable bonds is 6. The first kappa shape index (κ1) is 21.0. The normalized spacial score (nSPS) is 15.4. The number of urea groups is 1. The van der Waals surface area contributed by atoms with Crippen LogP contribution in [0.4, 0.5) is 9.18 Å². The summed E-state index contributed by atoms with van der Waals surface area (Å²) in [6.07, 6.45) is 0. The largest absolute Gasteiger partial charge is 0.326 e. The zero-order valence-electron chi connectivity index (χ0n) is 16.9. The second-order valence-electron chi connectivity index (χ2n) is 7.50. The standard InChI is InChI=1S/C24H21ClFN3O2/c1-28(15-19-20(25)13-8-14-21(19)26)16-29-22(30)24(27-23(29)31,17-9-4-2-5-10-17)18-11-6-3-7-12-18/h2-14H,15-16H2,1H3,(H,27,31). The molecule has 0 atom stereocenters. The molecule has 1 saturated heterocycles. The van der Waals surface area contributed by atoms with E-state index in [4.69, 9.17) is 11.6 Å². The first-order valence-corrected chi connectivity index (χ1v) is 10.2. The molecular weight excluding hydrogens is 417 g/mol. The molecule has 0 unspecified atom stereocenters. The highest BCUT2D eigenvalue weighted by molar-refractivity contribution is 6.31. The first-order chi connectivity index (χ1) is 14.9. The van der Waals surface area contributed by atoms with Crippen molar-refractivity contribution in [2.75, 3.05) is 13.7 Å². The van der Waals surface area contributed by atoms with Gasteiger partial charge < -0.3 is 5.32 Å². The van der Waals surface area contributed by atoms with Gasteiger partial charge in [-0.2, -0.15) is 0 Å². The third-order valence-electron chi connectivity index (χ3n) is 5.39. The topological polar surface area (TPSA) is 52.6 Å². The van der Waals surface area contributed by atoms with E-state index in [2.05, 4.69) is 5.32 Å². The van der Waals surface area contributed by atoms with Crippen molar-refractivity contribution in [2.24, 2.45) is 0 Å². The lowest BCUT2D eigenvalue weighted by Gasteiger charge is -2.29. The number of halogens is 2. The molecule has 1 aliphatic rings. The number of hydrogen-bond acceptors (Lipinski definition) is 3.